The second kappa shape index (κ2) is 8.28. The van der Waals surface area contributed by atoms with Gasteiger partial charge < -0.3 is 5.11 Å². The number of halogens is 3. The van der Waals surface area contributed by atoms with Crippen molar-refractivity contribution in [3.05, 3.63) is 107 Å². The molecular formula is C22H17F3N2O2. The van der Waals surface area contributed by atoms with Gasteiger partial charge in [-0.2, -0.15) is 18.3 Å². The van der Waals surface area contributed by atoms with E-state index in [0.29, 0.717) is 11.1 Å². The quantitative estimate of drug-likeness (QED) is 0.502. The second-order valence-electron chi connectivity index (χ2n) is 6.26. The molecular weight excluding hydrogens is 381 g/mol. The molecule has 0 bridgehead atoms. The highest BCUT2D eigenvalue weighted by atomic mass is 19.4. The monoisotopic (exact) mass is 398 g/mol. The van der Waals surface area contributed by atoms with Gasteiger partial charge in [0.15, 0.2) is 5.60 Å². The van der Waals surface area contributed by atoms with Crippen LogP contribution in [0.5, 0.6) is 0 Å². The number of hydrogen-bond donors (Lipinski definition) is 2. The Labute approximate surface area is 165 Å². The number of hydrogen-bond acceptors (Lipinski definition) is 3. The van der Waals surface area contributed by atoms with Crippen molar-refractivity contribution in [3.8, 4) is 0 Å². The maximum absolute atomic E-state index is 12.8. The van der Waals surface area contributed by atoms with Crippen LogP contribution < -0.4 is 5.43 Å². The molecule has 0 aliphatic rings. The summed E-state index contributed by atoms with van der Waals surface area (Å²) in [4.78, 5) is 12.8. The molecule has 148 valence electrons. The second-order valence-corrected chi connectivity index (χ2v) is 6.26. The number of rotatable bonds is 5. The maximum atomic E-state index is 12.8. The molecule has 4 nitrogen and oxygen atoms in total. The fourth-order valence-electron chi connectivity index (χ4n) is 2.83. The number of nitrogens with one attached hydrogen (secondary N) is 1. The van der Waals surface area contributed by atoms with E-state index in [0.717, 1.165) is 18.3 Å². The molecule has 0 saturated heterocycles. The molecule has 2 N–H and O–H groups in total. The summed E-state index contributed by atoms with van der Waals surface area (Å²) >= 11 is 0. The lowest BCUT2D eigenvalue weighted by atomic mass is 9.85. The molecule has 3 aromatic carbocycles. The third-order valence-corrected chi connectivity index (χ3v) is 4.31. The van der Waals surface area contributed by atoms with Crippen LogP contribution in [0.2, 0.25) is 0 Å². The SMILES string of the molecule is O=C(N/N=C\c1cccc(C(F)(F)F)c1)C(O)(c1ccccc1)c1ccccc1. The van der Waals surface area contributed by atoms with Gasteiger partial charge in [-0.3, -0.25) is 4.79 Å². The van der Waals surface area contributed by atoms with Crippen LogP contribution in [-0.2, 0) is 16.6 Å². The number of alkyl halides is 3. The zero-order valence-electron chi connectivity index (χ0n) is 15.1. The molecule has 0 heterocycles. The van der Waals surface area contributed by atoms with Gasteiger partial charge in [-0.25, -0.2) is 5.43 Å². The lowest BCUT2D eigenvalue weighted by Crippen LogP contribution is -2.43. The maximum Gasteiger partial charge on any atom is 0.416 e. The molecule has 29 heavy (non-hydrogen) atoms. The Morgan fingerprint density at radius 3 is 1.86 bits per heavy atom. The van der Waals surface area contributed by atoms with Gasteiger partial charge in [-0.15, -0.1) is 0 Å². The first-order valence-corrected chi connectivity index (χ1v) is 8.66. The summed E-state index contributed by atoms with van der Waals surface area (Å²) in [5.41, 5.74) is 0.203. The van der Waals surface area contributed by atoms with E-state index in [9.17, 15) is 23.1 Å². The normalized spacial score (nSPS) is 12.1. The third-order valence-electron chi connectivity index (χ3n) is 4.31. The van der Waals surface area contributed by atoms with E-state index in [2.05, 4.69) is 10.5 Å². The van der Waals surface area contributed by atoms with Crippen molar-refractivity contribution in [2.75, 3.05) is 0 Å². The molecule has 1 amide bonds. The smallest absolute Gasteiger partial charge is 0.372 e. The summed E-state index contributed by atoms with van der Waals surface area (Å²) in [6, 6.07) is 21.2. The number of aliphatic hydroxyl groups is 1. The van der Waals surface area contributed by atoms with Crippen LogP contribution in [0.4, 0.5) is 13.2 Å². The molecule has 0 spiro atoms. The lowest BCUT2D eigenvalue weighted by Gasteiger charge is -2.27. The summed E-state index contributed by atoms with van der Waals surface area (Å²) in [6.07, 6.45) is -3.39. The summed E-state index contributed by atoms with van der Waals surface area (Å²) < 4.78 is 38.4. The largest absolute Gasteiger partial charge is 0.416 e. The highest BCUT2D eigenvalue weighted by molar-refractivity contribution is 5.91. The first kappa shape index (κ1) is 20.3. The van der Waals surface area contributed by atoms with Crippen molar-refractivity contribution in [2.45, 2.75) is 11.8 Å². The fourth-order valence-corrected chi connectivity index (χ4v) is 2.83. The fraction of sp³-hybridized carbons (Fsp3) is 0.0909. The lowest BCUT2D eigenvalue weighted by molar-refractivity contribution is -0.138. The van der Waals surface area contributed by atoms with Gasteiger partial charge in [-0.05, 0) is 28.8 Å². The predicted octanol–water partition coefficient (Wildman–Crippen LogP) is 4.09. The first-order chi connectivity index (χ1) is 13.8. The average Bonchev–Trinajstić information content (AvgIpc) is 2.74. The van der Waals surface area contributed by atoms with Crippen molar-refractivity contribution in [1.29, 1.82) is 0 Å². The Bertz CT molecular complexity index is 964. The molecule has 0 unspecified atom stereocenters. The van der Waals surface area contributed by atoms with Crippen LogP contribution in [0.15, 0.2) is 90.0 Å². The summed E-state index contributed by atoms with van der Waals surface area (Å²) in [5.74, 6) is -0.835. The minimum atomic E-state index is -4.48. The van der Waals surface area contributed by atoms with Gasteiger partial charge in [0, 0.05) is 0 Å². The van der Waals surface area contributed by atoms with E-state index in [-0.39, 0.29) is 5.56 Å². The van der Waals surface area contributed by atoms with Crippen molar-refractivity contribution in [2.24, 2.45) is 5.10 Å². The standard InChI is InChI=1S/C22H17F3N2O2/c23-22(24,25)19-13-7-8-16(14-19)15-26-27-20(28)21(29,17-9-3-1-4-10-17)18-11-5-2-6-12-18/h1-15,29H,(H,27,28)/b26-15-. The number of benzene rings is 3. The molecule has 7 heteroatoms. The van der Waals surface area contributed by atoms with Crippen LogP contribution >= 0.6 is 0 Å². The van der Waals surface area contributed by atoms with Gasteiger partial charge in [0.1, 0.15) is 0 Å². The van der Waals surface area contributed by atoms with Gasteiger partial charge >= 0.3 is 6.18 Å². The van der Waals surface area contributed by atoms with Gasteiger partial charge in [0.2, 0.25) is 0 Å². The zero-order valence-corrected chi connectivity index (χ0v) is 15.1. The van der Waals surface area contributed by atoms with E-state index >= 15 is 0 Å². The number of carbonyl (C=O) groups is 1. The molecule has 0 saturated carbocycles. The minimum Gasteiger partial charge on any atom is -0.372 e. The average molecular weight is 398 g/mol. The summed E-state index contributed by atoms with van der Waals surface area (Å²) in [6.45, 7) is 0. The van der Waals surface area contributed by atoms with Crippen LogP contribution in [-0.4, -0.2) is 17.2 Å². The Kier molecular flexibility index (Phi) is 5.79. The topological polar surface area (TPSA) is 61.7 Å². The molecule has 0 fully saturated rings. The summed E-state index contributed by atoms with van der Waals surface area (Å²) in [5, 5.41) is 15.0. The molecule has 0 aromatic heterocycles. The minimum absolute atomic E-state index is 0.156. The molecule has 0 aliphatic heterocycles. The Balaban J connectivity index is 1.86. The van der Waals surface area contributed by atoms with Crippen LogP contribution in [0.3, 0.4) is 0 Å². The van der Waals surface area contributed by atoms with Crippen molar-refractivity contribution < 1.29 is 23.1 Å². The van der Waals surface area contributed by atoms with E-state index in [4.69, 9.17) is 0 Å². The van der Waals surface area contributed by atoms with Gasteiger partial charge in [0.05, 0.1) is 11.8 Å². The number of carbonyl (C=O) groups excluding carboxylic acids is 1. The van der Waals surface area contributed by atoms with E-state index in [1.807, 2.05) is 0 Å². The highest BCUT2D eigenvalue weighted by Gasteiger charge is 2.39. The predicted molar refractivity (Wildman–Crippen MR) is 103 cm³/mol. The molecule has 0 atom stereocenters. The highest BCUT2D eigenvalue weighted by Crippen LogP contribution is 2.30. The van der Waals surface area contributed by atoms with Gasteiger partial charge in [0.25, 0.3) is 5.91 Å². The van der Waals surface area contributed by atoms with Gasteiger partial charge in [-0.1, -0.05) is 72.8 Å². The molecule has 0 aliphatic carbocycles. The molecule has 3 aromatic rings. The Morgan fingerprint density at radius 1 is 0.828 bits per heavy atom. The van der Waals surface area contributed by atoms with Crippen molar-refractivity contribution in [3.63, 3.8) is 0 Å². The number of amides is 1. The van der Waals surface area contributed by atoms with Crippen molar-refractivity contribution in [1.82, 2.24) is 5.43 Å². The third kappa shape index (κ3) is 4.52. The Hall–Kier alpha value is -3.45. The summed E-state index contributed by atoms with van der Waals surface area (Å²) in [7, 11) is 0. The van der Waals surface area contributed by atoms with E-state index in [1.54, 1.807) is 60.7 Å². The van der Waals surface area contributed by atoms with Crippen LogP contribution in [0, 0.1) is 0 Å². The van der Waals surface area contributed by atoms with Crippen molar-refractivity contribution >= 4 is 12.1 Å². The van der Waals surface area contributed by atoms with E-state index in [1.165, 1.54) is 12.1 Å². The first-order valence-electron chi connectivity index (χ1n) is 8.66. The molecule has 0 radical (unpaired) electrons. The van der Waals surface area contributed by atoms with Crippen LogP contribution in [0.25, 0.3) is 0 Å². The number of nitrogens with zero attached hydrogens (tertiary/aromatic N) is 1. The molecule has 3 rings (SSSR count). The Morgan fingerprint density at radius 2 is 1.34 bits per heavy atom. The van der Waals surface area contributed by atoms with Crippen LogP contribution in [0.1, 0.15) is 22.3 Å². The number of hydrazone groups is 1. The van der Waals surface area contributed by atoms with E-state index < -0.39 is 23.2 Å². The zero-order chi connectivity index (χ0) is 20.9.